The lowest BCUT2D eigenvalue weighted by atomic mass is 10.0. The van der Waals surface area contributed by atoms with Crippen LogP contribution in [0.3, 0.4) is 0 Å². The second kappa shape index (κ2) is 13.5. The molecule has 0 unspecified atom stereocenters. The maximum atomic E-state index is 2.54. The molecule has 0 N–H and O–H groups in total. The van der Waals surface area contributed by atoms with Crippen LogP contribution in [-0.2, 0) is 0 Å². The minimum atomic E-state index is -2.86. The highest BCUT2D eigenvalue weighted by Crippen LogP contribution is 2.41. The van der Waals surface area contributed by atoms with Gasteiger partial charge in [-0.3, -0.25) is 0 Å². The van der Waals surface area contributed by atoms with Crippen molar-refractivity contribution >= 4 is 72.4 Å². The van der Waals surface area contributed by atoms with Gasteiger partial charge < -0.3 is 9.13 Å². The van der Waals surface area contributed by atoms with Gasteiger partial charge in [0.1, 0.15) is 0 Å². The molecule has 0 spiro atoms. The fourth-order valence-electron chi connectivity index (χ4n) is 9.52. The Morgan fingerprint density at radius 1 is 0.298 bits per heavy atom. The third-order valence-electron chi connectivity index (χ3n) is 11.9. The zero-order valence-corrected chi connectivity index (χ0v) is 32.3. The van der Waals surface area contributed by atoms with Crippen LogP contribution in [0.4, 0.5) is 0 Å². The zero-order valence-electron chi connectivity index (χ0n) is 31.3. The lowest BCUT2D eigenvalue weighted by Crippen LogP contribution is -2.74. The Bertz CT molecular complexity index is 3110. The molecular weight excluding hydrogens is 705 g/mol. The molecule has 0 amide bonds. The highest BCUT2D eigenvalue weighted by atomic mass is 28.3. The molecule has 0 atom stereocenters. The first kappa shape index (κ1) is 33.2. The molecule has 11 aromatic rings. The van der Waals surface area contributed by atoms with Gasteiger partial charge in [0.05, 0.1) is 27.8 Å². The molecule has 0 aliphatic carbocycles. The van der Waals surface area contributed by atoms with Crippen molar-refractivity contribution in [3.8, 4) is 22.5 Å². The standard InChI is InChI=1S/C54H38N2Si/c1-6-20-39(21-7-1)40-36-37-46-51(38-40)55(41-22-8-2-9-23-41)48-32-18-33-49(53(46)48)56-47-31-17-16-30-45(47)54-50(56)34-19-35-52(54)57(42-24-10-3-11-25-42,43-26-12-4-13-27-43)44-28-14-5-15-29-44/h1-38H. The number of benzene rings is 9. The second-order valence-corrected chi connectivity index (χ2v) is 18.6. The number of rotatable bonds is 7. The van der Waals surface area contributed by atoms with Gasteiger partial charge >= 0.3 is 0 Å². The van der Waals surface area contributed by atoms with Crippen molar-refractivity contribution in [2.75, 3.05) is 0 Å². The first-order valence-electron chi connectivity index (χ1n) is 19.7. The van der Waals surface area contributed by atoms with E-state index in [1.54, 1.807) is 0 Å². The van der Waals surface area contributed by atoms with Gasteiger partial charge in [0, 0.05) is 27.2 Å². The Hall–Kier alpha value is -7.20. The van der Waals surface area contributed by atoms with Gasteiger partial charge in [-0.1, -0.05) is 188 Å². The van der Waals surface area contributed by atoms with E-state index in [9.17, 15) is 0 Å². The number of aromatic nitrogens is 2. The summed E-state index contributed by atoms with van der Waals surface area (Å²) in [5.41, 5.74) is 9.52. The molecule has 0 aliphatic rings. The molecule has 3 heteroatoms. The molecule has 2 nitrogen and oxygen atoms in total. The van der Waals surface area contributed by atoms with Crippen LogP contribution in [0.5, 0.6) is 0 Å². The van der Waals surface area contributed by atoms with E-state index in [1.165, 1.54) is 81.2 Å². The summed E-state index contributed by atoms with van der Waals surface area (Å²) in [5.74, 6) is 0. The van der Waals surface area contributed by atoms with Crippen LogP contribution in [0.2, 0.25) is 0 Å². The summed E-state index contributed by atoms with van der Waals surface area (Å²) in [4.78, 5) is 0. The van der Waals surface area contributed by atoms with Crippen molar-refractivity contribution < 1.29 is 0 Å². The Morgan fingerprint density at radius 2 is 0.789 bits per heavy atom. The quantitative estimate of drug-likeness (QED) is 0.114. The third-order valence-corrected chi connectivity index (χ3v) is 16.7. The van der Waals surface area contributed by atoms with Crippen molar-refractivity contribution in [3.05, 3.63) is 231 Å². The van der Waals surface area contributed by atoms with E-state index < -0.39 is 8.07 Å². The summed E-state index contributed by atoms with van der Waals surface area (Å²) in [5, 5.41) is 10.5. The minimum Gasteiger partial charge on any atom is -0.309 e. The normalized spacial score (nSPS) is 11.9. The summed E-state index contributed by atoms with van der Waals surface area (Å²) in [6, 6.07) is 85.2. The monoisotopic (exact) mass is 742 g/mol. The lowest BCUT2D eigenvalue weighted by Gasteiger charge is -2.35. The smallest absolute Gasteiger partial charge is 0.180 e. The Labute approximate surface area is 333 Å². The van der Waals surface area contributed by atoms with Crippen molar-refractivity contribution in [1.29, 1.82) is 0 Å². The molecule has 0 saturated heterocycles. The molecule has 0 saturated carbocycles. The molecule has 268 valence electrons. The Morgan fingerprint density at radius 3 is 1.42 bits per heavy atom. The second-order valence-electron chi connectivity index (χ2n) is 14.8. The van der Waals surface area contributed by atoms with Gasteiger partial charge in [0.25, 0.3) is 0 Å². The summed E-state index contributed by atoms with van der Waals surface area (Å²) < 4.78 is 4.98. The van der Waals surface area contributed by atoms with E-state index in [0.717, 1.165) is 5.69 Å². The fraction of sp³-hybridized carbons (Fsp3) is 0. The maximum absolute atomic E-state index is 2.86. The van der Waals surface area contributed by atoms with E-state index in [0.29, 0.717) is 0 Å². The van der Waals surface area contributed by atoms with Crippen LogP contribution in [0.25, 0.3) is 66.1 Å². The van der Waals surface area contributed by atoms with E-state index in [4.69, 9.17) is 0 Å². The lowest BCUT2D eigenvalue weighted by molar-refractivity contribution is 1.17. The summed E-state index contributed by atoms with van der Waals surface area (Å²) in [6.07, 6.45) is 0. The molecular formula is C54H38N2Si. The van der Waals surface area contributed by atoms with Gasteiger partial charge in [-0.15, -0.1) is 0 Å². The molecule has 2 heterocycles. The van der Waals surface area contributed by atoms with Gasteiger partial charge in [0.15, 0.2) is 8.07 Å². The van der Waals surface area contributed by atoms with E-state index in [-0.39, 0.29) is 0 Å². The average Bonchev–Trinajstić information content (AvgIpc) is 3.81. The summed E-state index contributed by atoms with van der Waals surface area (Å²) in [6.45, 7) is 0. The van der Waals surface area contributed by atoms with Crippen molar-refractivity contribution in [2.24, 2.45) is 0 Å². The fourth-order valence-corrected chi connectivity index (χ4v) is 14.5. The first-order chi connectivity index (χ1) is 28.3. The van der Waals surface area contributed by atoms with Crippen LogP contribution in [-0.4, -0.2) is 17.2 Å². The predicted octanol–water partition coefficient (Wildman–Crippen LogP) is 10.9. The summed E-state index contributed by atoms with van der Waals surface area (Å²) >= 11 is 0. The van der Waals surface area contributed by atoms with Crippen LogP contribution in [0, 0.1) is 0 Å². The predicted molar refractivity (Wildman–Crippen MR) is 244 cm³/mol. The minimum absolute atomic E-state index is 1.15. The summed E-state index contributed by atoms with van der Waals surface area (Å²) in [7, 11) is -2.86. The molecule has 0 fully saturated rings. The molecule has 0 radical (unpaired) electrons. The highest BCUT2D eigenvalue weighted by molar-refractivity contribution is 7.20. The van der Waals surface area contributed by atoms with Crippen molar-refractivity contribution in [2.45, 2.75) is 0 Å². The Balaban J connectivity index is 1.28. The number of para-hydroxylation sites is 2. The highest BCUT2D eigenvalue weighted by Gasteiger charge is 2.43. The molecule has 0 aliphatic heterocycles. The molecule has 0 bridgehead atoms. The van der Waals surface area contributed by atoms with Gasteiger partial charge in [-0.2, -0.15) is 0 Å². The SMILES string of the molecule is c1ccc(-c2ccc3c4c(-n5c6ccccc6c6c([Si](c7ccccc7)(c7ccccc7)c7ccccc7)cccc65)cccc4n(-c4ccccc4)c3c2)cc1. The number of fused-ring (bicyclic) bond motifs is 6. The molecule has 2 aromatic heterocycles. The van der Waals surface area contributed by atoms with E-state index in [1.807, 2.05) is 0 Å². The largest absolute Gasteiger partial charge is 0.309 e. The van der Waals surface area contributed by atoms with Crippen LogP contribution in [0.15, 0.2) is 231 Å². The van der Waals surface area contributed by atoms with Crippen molar-refractivity contribution in [1.82, 2.24) is 9.13 Å². The topological polar surface area (TPSA) is 9.86 Å². The molecule has 9 aromatic carbocycles. The van der Waals surface area contributed by atoms with Crippen LogP contribution < -0.4 is 20.7 Å². The zero-order chi connectivity index (χ0) is 37.8. The molecule has 57 heavy (non-hydrogen) atoms. The van der Waals surface area contributed by atoms with Gasteiger partial charge in [-0.05, 0) is 74.3 Å². The Kier molecular flexibility index (Phi) is 7.87. The number of nitrogens with zero attached hydrogens (tertiary/aromatic N) is 2. The average molecular weight is 743 g/mol. The van der Waals surface area contributed by atoms with Gasteiger partial charge in [-0.25, -0.2) is 0 Å². The van der Waals surface area contributed by atoms with Crippen LogP contribution >= 0.6 is 0 Å². The van der Waals surface area contributed by atoms with Crippen LogP contribution in [0.1, 0.15) is 0 Å². The third kappa shape index (κ3) is 5.10. The molecule has 11 rings (SSSR count). The maximum Gasteiger partial charge on any atom is 0.180 e. The first-order valence-corrected chi connectivity index (χ1v) is 21.7. The number of hydrogen-bond donors (Lipinski definition) is 0. The number of hydrogen-bond acceptors (Lipinski definition) is 0. The van der Waals surface area contributed by atoms with Gasteiger partial charge in [0.2, 0.25) is 0 Å². The van der Waals surface area contributed by atoms with E-state index >= 15 is 0 Å². The van der Waals surface area contributed by atoms with E-state index in [2.05, 4.69) is 240 Å². The van der Waals surface area contributed by atoms with Crippen molar-refractivity contribution in [3.63, 3.8) is 0 Å².